The minimum atomic E-state index is 0.0926. The quantitative estimate of drug-likeness (QED) is 0.848. The van der Waals surface area contributed by atoms with Gasteiger partial charge >= 0.3 is 0 Å². The van der Waals surface area contributed by atoms with E-state index < -0.39 is 0 Å². The van der Waals surface area contributed by atoms with E-state index in [9.17, 15) is 4.79 Å². The van der Waals surface area contributed by atoms with E-state index in [0.29, 0.717) is 17.9 Å². The topological polar surface area (TPSA) is 38.1 Å². The van der Waals surface area contributed by atoms with Crippen LogP contribution in [0.5, 0.6) is 0 Å². The second-order valence-electron chi connectivity index (χ2n) is 6.53. The third-order valence-corrected chi connectivity index (χ3v) is 4.33. The van der Waals surface area contributed by atoms with Crippen molar-refractivity contribution in [2.45, 2.75) is 59.0 Å². The normalized spacial score (nSPS) is 18.1. The molecule has 2 heterocycles. The molecule has 112 valence electrons. The molecule has 20 heavy (non-hydrogen) atoms. The zero-order valence-electron chi connectivity index (χ0n) is 13.2. The summed E-state index contributed by atoms with van der Waals surface area (Å²) >= 11 is 0. The molecule has 0 amide bonds. The minimum Gasteiger partial charge on any atom is -0.301 e. The molecule has 1 aliphatic heterocycles. The van der Waals surface area contributed by atoms with Crippen molar-refractivity contribution in [3.05, 3.63) is 28.4 Å². The highest BCUT2D eigenvalue weighted by Gasteiger charge is 2.21. The summed E-state index contributed by atoms with van der Waals surface area (Å²) in [5.74, 6) is 0.918. The van der Waals surface area contributed by atoms with Gasteiger partial charge in [0.25, 0.3) is 5.56 Å². The van der Waals surface area contributed by atoms with Crippen molar-refractivity contribution in [3.8, 4) is 0 Å². The summed E-state index contributed by atoms with van der Waals surface area (Å²) in [4.78, 5) is 19.0. The van der Waals surface area contributed by atoms with Crippen LogP contribution in [0.3, 0.4) is 0 Å². The van der Waals surface area contributed by atoms with Crippen LogP contribution in [0.25, 0.3) is 0 Å². The molecule has 4 nitrogen and oxygen atoms in total. The zero-order valence-corrected chi connectivity index (χ0v) is 13.2. The summed E-state index contributed by atoms with van der Waals surface area (Å²) in [6, 6.07) is 2.32. The van der Waals surface area contributed by atoms with E-state index in [0.717, 1.165) is 25.3 Å². The molecular weight excluding hydrogens is 250 g/mol. The molecule has 1 fully saturated rings. The van der Waals surface area contributed by atoms with Gasteiger partial charge in [0.1, 0.15) is 0 Å². The molecule has 0 radical (unpaired) electrons. The molecule has 1 saturated heterocycles. The molecule has 0 aromatic carbocycles. The van der Waals surface area contributed by atoms with Crippen molar-refractivity contribution >= 4 is 0 Å². The molecule has 4 heteroatoms. The first-order valence-electron chi connectivity index (χ1n) is 7.77. The smallest absolute Gasteiger partial charge is 0.253 e. The van der Waals surface area contributed by atoms with Gasteiger partial charge in [-0.25, -0.2) is 4.98 Å². The van der Waals surface area contributed by atoms with Crippen molar-refractivity contribution < 1.29 is 0 Å². The van der Waals surface area contributed by atoms with E-state index in [1.54, 1.807) is 17.0 Å². The lowest BCUT2D eigenvalue weighted by atomic mass is 9.96. The second-order valence-corrected chi connectivity index (χ2v) is 6.53. The lowest BCUT2D eigenvalue weighted by Gasteiger charge is -2.34. The number of nitrogens with zero attached hydrogens (tertiary/aromatic N) is 3. The molecule has 0 saturated carbocycles. The molecule has 0 spiro atoms. The van der Waals surface area contributed by atoms with Gasteiger partial charge < -0.3 is 4.90 Å². The average molecular weight is 277 g/mol. The first-order chi connectivity index (χ1) is 9.47. The van der Waals surface area contributed by atoms with Crippen LogP contribution in [0, 0.1) is 5.92 Å². The summed E-state index contributed by atoms with van der Waals surface area (Å²) in [6.07, 6.45) is 4.08. The van der Waals surface area contributed by atoms with Crippen molar-refractivity contribution in [1.29, 1.82) is 0 Å². The molecule has 1 aromatic rings. The predicted molar refractivity (Wildman–Crippen MR) is 82.0 cm³/mol. The second kappa shape index (κ2) is 6.53. The van der Waals surface area contributed by atoms with Gasteiger partial charge in [0.05, 0.1) is 12.0 Å². The van der Waals surface area contributed by atoms with Gasteiger partial charge in [-0.3, -0.25) is 9.36 Å². The molecule has 0 atom stereocenters. The van der Waals surface area contributed by atoms with Crippen molar-refractivity contribution in [3.63, 3.8) is 0 Å². The van der Waals surface area contributed by atoms with Crippen LogP contribution < -0.4 is 5.56 Å². The number of aromatic nitrogens is 2. The van der Waals surface area contributed by atoms with E-state index in [1.807, 2.05) is 0 Å². The van der Waals surface area contributed by atoms with Gasteiger partial charge in [0.15, 0.2) is 0 Å². The number of rotatable bonds is 4. The lowest BCUT2D eigenvalue weighted by molar-refractivity contribution is 0.141. The van der Waals surface area contributed by atoms with E-state index in [2.05, 4.69) is 37.6 Å². The highest BCUT2D eigenvalue weighted by Crippen LogP contribution is 2.20. The van der Waals surface area contributed by atoms with Gasteiger partial charge in [-0.2, -0.15) is 0 Å². The summed E-state index contributed by atoms with van der Waals surface area (Å²) in [5.41, 5.74) is 0.982. The monoisotopic (exact) mass is 277 g/mol. The zero-order chi connectivity index (χ0) is 14.7. The highest BCUT2D eigenvalue weighted by atomic mass is 16.1. The number of likely N-dealkylation sites (tertiary alicyclic amines) is 1. The van der Waals surface area contributed by atoms with E-state index in [1.165, 1.54) is 12.8 Å². The maximum absolute atomic E-state index is 12.1. The molecule has 1 aliphatic rings. The molecule has 0 bridgehead atoms. The van der Waals surface area contributed by atoms with Gasteiger partial charge in [-0.1, -0.05) is 13.8 Å². The SMILES string of the molecule is CC(C)c1cc(=O)n(CC2CCN(C(C)C)CC2)cn1. The van der Waals surface area contributed by atoms with Gasteiger partial charge in [0, 0.05) is 18.7 Å². The largest absolute Gasteiger partial charge is 0.301 e. The van der Waals surface area contributed by atoms with Crippen LogP contribution in [0.15, 0.2) is 17.2 Å². The Morgan fingerprint density at radius 3 is 2.40 bits per heavy atom. The molecule has 2 rings (SSSR count). The Morgan fingerprint density at radius 2 is 1.90 bits per heavy atom. The molecule has 0 aliphatic carbocycles. The average Bonchev–Trinajstić information content (AvgIpc) is 2.41. The van der Waals surface area contributed by atoms with Crippen LogP contribution in [0.1, 0.15) is 52.1 Å². The number of hydrogen-bond donors (Lipinski definition) is 0. The van der Waals surface area contributed by atoms with Gasteiger partial charge in [-0.15, -0.1) is 0 Å². The molecule has 1 aromatic heterocycles. The van der Waals surface area contributed by atoms with Crippen LogP contribution in [0.2, 0.25) is 0 Å². The fourth-order valence-corrected chi connectivity index (χ4v) is 2.82. The van der Waals surface area contributed by atoms with Gasteiger partial charge in [-0.05, 0) is 51.6 Å². The third-order valence-electron chi connectivity index (χ3n) is 4.33. The van der Waals surface area contributed by atoms with E-state index in [4.69, 9.17) is 0 Å². The molecule has 0 N–H and O–H groups in total. The van der Waals surface area contributed by atoms with Gasteiger partial charge in [0.2, 0.25) is 0 Å². The first-order valence-corrected chi connectivity index (χ1v) is 7.77. The van der Waals surface area contributed by atoms with Crippen LogP contribution in [-0.4, -0.2) is 33.6 Å². The Bertz CT molecular complexity index is 485. The van der Waals surface area contributed by atoms with Crippen molar-refractivity contribution in [2.24, 2.45) is 5.92 Å². The fraction of sp³-hybridized carbons (Fsp3) is 0.750. The summed E-state index contributed by atoms with van der Waals surface area (Å²) in [6.45, 7) is 11.7. The van der Waals surface area contributed by atoms with E-state index in [-0.39, 0.29) is 5.56 Å². The summed E-state index contributed by atoms with van der Waals surface area (Å²) in [5, 5.41) is 0. The summed E-state index contributed by atoms with van der Waals surface area (Å²) < 4.78 is 1.78. The number of piperidine rings is 1. The minimum absolute atomic E-state index is 0.0926. The van der Waals surface area contributed by atoms with Crippen LogP contribution in [-0.2, 0) is 6.54 Å². The maximum Gasteiger partial charge on any atom is 0.253 e. The Labute approximate surface area is 121 Å². The summed E-state index contributed by atoms with van der Waals surface area (Å²) in [7, 11) is 0. The molecular formula is C16H27N3O. The van der Waals surface area contributed by atoms with Crippen molar-refractivity contribution in [1.82, 2.24) is 14.5 Å². The Balaban J connectivity index is 1.96. The van der Waals surface area contributed by atoms with Crippen LogP contribution >= 0.6 is 0 Å². The van der Waals surface area contributed by atoms with E-state index >= 15 is 0 Å². The predicted octanol–water partition coefficient (Wildman–Crippen LogP) is 2.49. The maximum atomic E-state index is 12.1. The Kier molecular flexibility index (Phi) is 4.97. The molecule has 0 unspecified atom stereocenters. The highest BCUT2D eigenvalue weighted by molar-refractivity contribution is 5.04. The Hall–Kier alpha value is -1.16. The standard InChI is InChI=1S/C16H27N3O/c1-12(2)15-9-16(20)19(11-17-15)10-14-5-7-18(8-6-14)13(3)4/h9,11-14H,5-8,10H2,1-4H3. The van der Waals surface area contributed by atoms with Crippen molar-refractivity contribution in [2.75, 3.05) is 13.1 Å². The lowest BCUT2D eigenvalue weighted by Crippen LogP contribution is -2.40. The van der Waals surface area contributed by atoms with Crippen LogP contribution in [0.4, 0.5) is 0 Å². The fourth-order valence-electron chi connectivity index (χ4n) is 2.82. The number of hydrogen-bond acceptors (Lipinski definition) is 3. The third kappa shape index (κ3) is 3.69. The Morgan fingerprint density at radius 1 is 1.25 bits per heavy atom. The first kappa shape index (κ1) is 15.2.